The summed E-state index contributed by atoms with van der Waals surface area (Å²) in [6.07, 6.45) is -0.725. The fourth-order valence-corrected chi connectivity index (χ4v) is 4.70. The molecule has 2 aliphatic heterocycles. The van der Waals surface area contributed by atoms with Crippen LogP contribution >= 0.6 is 11.8 Å². The molecule has 1 unspecified atom stereocenters. The Bertz CT molecular complexity index is 368. The number of hydrogen-bond donors (Lipinski definition) is 2. The highest BCUT2D eigenvalue weighted by atomic mass is 32.2. The van der Waals surface area contributed by atoms with Gasteiger partial charge in [-0.15, -0.1) is 11.8 Å². The number of carbonyl (C=O) groups is 2. The molecule has 0 saturated carbocycles. The number of aliphatic carboxylic acids is 1. The number of carboxylic acid groups (broad SMARTS) is 1. The van der Waals surface area contributed by atoms with Crippen LogP contribution in [0.3, 0.4) is 0 Å². The number of fused-ring (bicyclic) bond motifs is 1. The van der Waals surface area contributed by atoms with E-state index in [2.05, 4.69) is 0 Å². The van der Waals surface area contributed by atoms with Crippen molar-refractivity contribution in [3.63, 3.8) is 0 Å². The molecule has 2 fully saturated rings. The van der Waals surface area contributed by atoms with Crippen molar-refractivity contribution in [3.05, 3.63) is 0 Å². The minimum Gasteiger partial charge on any atom is -0.479 e. The Kier molecular flexibility index (Phi) is 2.30. The van der Waals surface area contributed by atoms with Crippen molar-refractivity contribution in [2.45, 2.75) is 49.0 Å². The zero-order valence-electron chi connectivity index (χ0n) is 9.43. The number of nitrogens with zero attached hydrogens (tertiary/aromatic N) is 1. The fourth-order valence-electron chi connectivity index (χ4n) is 2.87. The zero-order valence-corrected chi connectivity index (χ0v) is 10.2. The molecule has 6 heteroatoms. The molecule has 0 bridgehead atoms. The maximum Gasteiger partial charge on any atom is 0.333 e. The Hall–Kier alpha value is -0.750. The summed E-state index contributed by atoms with van der Waals surface area (Å²) >= 11 is 1.45. The lowest BCUT2D eigenvalue weighted by Gasteiger charge is -2.47. The lowest BCUT2D eigenvalue weighted by Crippen LogP contribution is -2.71. The smallest absolute Gasteiger partial charge is 0.333 e. The molecule has 5 nitrogen and oxygen atoms in total. The van der Waals surface area contributed by atoms with Crippen molar-refractivity contribution < 1.29 is 19.8 Å². The van der Waals surface area contributed by atoms with E-state index in [1.165, 1.54) is 23.6 Å². The normalized spacial score (nSPS) is 37.9. The Balaban J connectivity index is 2.55. The van der Waals surface area contributed by atoms with Gasteiger partial charge in [-0.1, -0.05) is 0 Å². The second kappa shape index (κ2) is 3.13. The molecule has 2 N–H and O–H groups in total. The summed E-state index contributed by atoms with van der Waals surface area (Å²) in [6.45, 7) is 4.97. The minimum absolute atomic E-state index is 0.104. The van der Waals surface area contributed by atoms with E-state index in [0.717, 1.165) is 0 Å². The second-order valence-electron chi connectivity index (χ2n) is 4.80. The van der Waals surface area contributed by atoms with Gasteiger partial charge in [0.15, 0.2) is 5.54 Å². The van der Waals surface area contributed by atoms with E-state index < -0.39 is 22.4 Å². The number of hydrogen-bond acceptors (Lipinski definition) is 4. The summed E-state index contributed by atoms with van der Waals surface area (Å²) in [4.78, 5) is 24.4. The predicted octanol–water partition coefficient (Wildman–Crippen LogP) is 0.274. The Labute approximate surface area is 97.8 Å². The molecule has 90 valence electrons. The monoisotopic (exact) mass is 245 g/mol. The van der Waals surface area contributed by atoms with Crippen LogP contribution in [0.2, 0.25) is 0 Å². The number of β-lactam (4-membered cyclic amide) rings is 1. The van der Waals surface area contributed by atoms with Crippen molar-refractivity contribution in [2.24, 2.45) is 0 Å². The molecule has 0 radical (unpaired) electrons. The van der Waals surface area contributed by atoms with Crippen molar-refractivity contribution >= 4 is 23.6 Å². The maximum absolute atomic E-state index is 11.6. The number of aliphatic hydroxyl groups is 1. The van der Waals surface area contributed by atoms with Gasteiger partial charge in [-0.25, -0.2) is 4.79 Å². The van der Waals surface area contributed by atoms with Gasteiger partial charge in [-0.3, -0.25) is 4.79 Å². The van der Waals surface area contributed by atoms with Gasteiger partial charge in [0.1, 0.15) is 0 Å². The predicted molar refractivity (Wildman–Crippen MR) is 59.0 cm³/mol. The summed E-state index contributed by atoms with van der Waals surface area (Å²) in [6, 6.07) is 0. The molecule has 2 rings (SSSR count). The first kappa shape index (κ1) is 11.7. The number of aliphatic hydroxyl groups excluding tert-OH is 1. The van der Waals surface area contributed by atoms with E-state index >= 15 is 0 Å². The van der Waals surface area contributed by atoms with E-state index in [-0.39, 0.29) is 11.3 Å². The quantitative estimate of drug-likeness (QED) is 0.683. The van der Waals surface area contributed by atoms with Gasteiger partial charge in [0.25, 0.3) is 0 Å². The second-order valence-corrected chi connectivity index (χ2v) is 6.60. The Morgan fingerprint density at radius 2 is 2.19 bits per heavy atom. The molecular weight excluding hydrogens is 230 g/mol. The first-order valence-corrected chi connectivity index (χ1v) is 6.04. The topological polar surface area (TPSA) is 77.8 Å². The summed E-state index contributed by atoms with van der Waals surface area (Å²) < 4.78 is -0.691. The average Bonchev–Trinajstić information content (AvgIpc) is 2.29. The first-order valence-electron chi connectivity index (χ1n) is 5.16. The van der Waals surface area contributed by atoms with Crippen LogP contribution < -0.4 is 0 Å². The molecule has 0 aliphatic carbocycles. The van der Waals surface area contributed by atoms with Gasteiger partial charge < -0.3 is 15.1 Å². The third kappa shape index (κ3) is 1.06. The molecular formula is C10H15NO4S. The van der Waals surface area contributed by atoms with E-state index in [1.807, 2.05) is 0 Å². The number of thioether (sulfide) groups is 1. The lowest BCUT2D eigenvalue weighted by atomic mass is 9.77. The SMILES string of the molecule is CC(O)[C@@]1(C(=O)O)N2C(=O)C[C@H]2SC1(C)C. The summed E-state index contributed by atoms with van der Waals surface area (Å²) in [5.74, 6) is -1.32. The van der Waals surface area contributed by atoms with Crippen molar-refractivity contribution in [3.8, 4) is 0 Å². The van der Waals surface area contributed by atoms with Crippen LogP contribution in [0.25, 0.3) is 0 Å². The van der Waals surface area contributed by atoms with Crippen LogP contribution in [-0.4, -0.2) is 48.8 Å². The van der Waals surface area contributed by atoms with Crippen LogP contribution in [0.5, 0.6) is 0 Å². The summed E-state index contributed by atoms with van der Waals surface area (Å²) in [5.41, 5.74) is -1.50. The Morgan fingerprint density at radius 3 is 2.50 bits per heavy atom. The molecule has 2 aliphatic rings. The number of amides is 1. The van der Waals surface area contributed by atoms with Gasteiger partial charge in [0.05, 0.1) is 17.9 Å². The van der Waals surface area contributed by atoms with Crippen LogP contribution in [0.1, 0.15) is 27.2 Å². The van der Waals surface area contributed by atoms with Crippen LogP contribution in [0.15, 0.2) is 0 Å². The number of carbonyl (C=O) groups excluding carboxylic acids is 1. The minimum atomic E-state index is -1.50. The van der Waals surface area contributed by atoms with E-state index in [0.29, 0.717) is 6.42 Å². The van der Waals surface area contributed by atoms with Crippen molar-refractivity contribution in [1.29, 1.82) is 0 Å². The van der Waals surface area contributed by atoms with Crippen LogP contribution in [0.4, 0.5) is 0 Å². The average molecular weight is 245 g/mol. The summed E-state index contributed by atoms with van der Waals surface area (Å²) in [5, 5.41) is 19.2. The van der Waals surface area contributed by atoms with E-state index in [4.69, 9.17) is 0 Å². The highest BCUT2D eigenvalue weighted by molar-refractivity contribution is 8.01. The van der Waals surface area contributed by atoms with Crippen molar-refractivity contribution in [2.75, 3.05) is 0 Å². The third-order valence-corrected chi connectivity index (χ3v) is 5.12. The third-order valence-electron chi connectivity index (χ3n) is 3.57. The molecule has 0 aromatic heterocycles. The van der Waals surface area contributed by atoms with Gasteiger partial charge in [0, 0.05) is 4.75 Å². The molecule has 0 aromatic carbocycles. The molecule has 1 amide bonds. The van der Waals surface area contributed by atoms with Gasteiger partial charge in [-0.2, -0.15) is 0 Å². The van der Waals surface area contributed by atoms with Crippen LogP contribution in [0, 0.1) is 0 Å². The molecule has 3 atom stereocenters. The van der Waals surface area contributed by atoms with E-state index in [1.54, 1.807) is 13.8 Å². The Morgan fingerprint density at radius 1 is 1.62 bits per heavy atom. The highest BCUT2D eigenvalue weighted by Crippen LogP contribution is 2.57. The van der Waals surface area contributed by atoms with Crippen LogP contribution in [-0.2, 0) is 9.59 Å². The number of rotatable bonds is 2. The molecule has 2 heterocycles. The molecule has 2 saturated heterocycles. The fraction of sp³-hybridized carbons (Fsp3) is 0.800. The standard InChI is InChI=1S/C10H15NO4S/c1-5(12)10(8(14)15)9(2,3)16-7-4-6(13)11(7)10/h5,7,12H,4H2,1-3H3,(H,14,15)/t5?,7-,10+/m1/s1. The van der Waals surface area contributed by atoms with Gasteiger partial charge in [0.2, 0.25) is 5.91 Å². The summed E-state index contributed by atoms with van der Waals surface area (Å²) in [7, 11) is 0. The molecule has 0 spiro atoms. The molecule has 0 aromatic rings. The van der Waals surface area contributed by atoms with E-state index in [9.17, 15) is 19.8 Å². The van der Waals surface area contributed by atoms with Gasteiger partial charge >= 0.3 is 5.97 Å². The van der Waals surface area contributed by atoms with Crippen molar-refractivity contribution in [1.82, 2.24) is 4.90 Å². The number of carboxylic acids is 1. The zero-order chi connectivity index (χ0) is 12.3. The maximum atomic E-state index is 11.6. The van der Waals surface area contributed by atoms with Gasteiger partial charge in [-0.05, 0) is 20.8 Å². The first-order chi connectivity index (χ1) is 7.25. The lowest BCUT2D eigenvalue weighted by molar-refractivity contribution is -0.177. The molecule has 16 heavy (non-hydrogen) atoms. The highest BCUT2D eigenvalue weighted by Gasteiger charge is 2.71. The largest absolute Gasteiger partial charge is 0.479 e.